The van der Waals surface area contributed by atoms with Crippen molar-refractivity contribution in [2.75, 3.05) is 26.4 Å². The fourth-order valence-corrected chi connectivity index (χ4v) is 1.36. The maximum absolute atomic E-state index is 10.9. The Balaban J connectivity index is 2.56. The minimum atomic E-state index is -1.14. The van der Waals surface area contributed by atoms with Crippen LogP contribution in [0, 0.1) is 0 Å². The van der Waals surface area contributed by atoms with Crippen LogP contribution in [-0.4, -0.2) is 48.2 Å². The lowest BCUT2D eigenvalue weighted by Crippen LogP contribution is -2.46. The van der Waals surface area contributed by atoms with Gasteiger partial charge in [0.25, 0.3) is 0 Å². The quantitative estimate of drug-likeness (QED) is 0.632. The average Bonchev–Trinajstić information content (AvgIpc) is 2.16. The second-order valence-corrected chi connectivity index (χ2v) is 2.98. The Kier molecular flexibility index (Phi) is 3.65. The summed E-state index contributed by atoms with van der Waals surface area (Å²) in [6.07, 6.45) is 0.699. The summed E-state index contributed by atoms with van der Waals surface area (Å²) in [5, 5.41) is 17.5. The van der Waals surface area contributed by atoms with Crippen molar-refractivity contribution in [2.45, 2.75) is 18.4 Å². The highest BCUT2D eigenvalue weighted by atomic mass is 16.5. The van der Waals surface area contributed by atoms with E-state index < -0.39 is 11.6 Å². The Morgan fingerprint density at radius 1 is 1.46 bits per heavy atom. The van der Waals surface area contributed by atoms with E-state index in [2.05, 4.69) is 0 Å². The van der Waals surface area contributed by atoms with Gasteiger partial charge in [0.1, 0.15) is 0 Å². The summed E-state index contributed by atoms with van der Waals surface area (Å²) in [5.41, 5.74) is -1.14. The summed E-state index contributed by atoms with van der Waals surface area (Å²) < 4.78 is 10.2. The van der Waals surface area contributed by atoms with Crippen LogP contribution in [0.25, 0.3) is 0 Å². The van der Waals surface area contributed by atoms with Crippen molar-refractivity contribution in [1.29, 1.82) is 0 Å². The van der Waals surface area contributed by atoms with Crippen LogP contribution in [0.15, 0.2) is 0 Å². The third kappa shape index (κ3) is 2.40. The second-order valence-electron chi connectivity index (χ2n) is 2.98. The first-order valence-electron chi connectivity index (χ1n) is 4.27. The SMILES string of the molecule is O=C(O)C1(OCCO)CCOCC1. The Morgan fingerprint density at radius 3 is 2.54 bits per heavy atom. The van der Waals surface area contributed by atoms with Crippen LogP contribution in [0.5, 0.6) is 0 Å². The van der Waals surface area contributed by atoms with Gasteiger partial charge in [0.05, 0.1) is 13.2 Å². The zero-order valence-corrected chi connectivity index (χ0v) is 7.36. The highest BCUT2D eigenvalue weighted by Gasteiger charge is 2.41. The number of hydrogen-bond donors (Lipinski definition) is 2. The van der Waals surface area contributed by atoms with Crippen molar-refractivity contribution < 1.29 is 24.5 Å². The molecule has 0 saturated carbocycles. The maximum atomic E-state index is 10.9. The molecule has 0 aromatic carbocycles. The number of aliphatic carboxylic acids is 1. The van der Waals surface area contributed by atoms with E-state index in [1.165, 1.54) is 0 Å². The van der Waals surface area contributed by atoms with Crippen LogP contribution < -0.4 is 0 Å². The Bertz CT molecular complexity index is 173. The number of carbonyl (C=O) groups is 1. The van der Waals surface area contributed by atoms with E-state index in [-0.39, 0.29) is 13.2 Å². The van der Waals surface area contributed by atoms with Crippen LogP contribution >= 0.6 is 0 Å². The number of rotatable bonds is 4. The first kappa shape index (κ1) is 10.4. The summed E-state index contributed by atoms with van der Waals surface area (Å²) in [6, 6.07) is 0. The molecule has 1 saturated heterocycles. The van der Waals surface area contributed by atoms with Gasteiger partial charge in [0.15, 0.2) is 5.60 Å². The van der Waals surface area contributed by atoms with Gasteiger partial charge in [0.2, 0.25) is 0 Å². The summed E-state index contributed by atoms with van der Waals surface area (Å²) in [7, 11) is 0. The van der Waals surface area contributed by atoms with E-state index in [4.69, 9.17) is 19.7 Å². The molecule has 1 rings (SSSR count). The number of aliphatic hydroxyl groups is 1. The van der Waals surface area contributed by atoms with E-state index in [0.717, 1.165) is 0 Å². The predicted octanol–water partition coefficient (Wildman–Crippen LogP) is -0.371. The Labute approximate surface area is 76.3 Å². The smallest absolute Gasteiger partial charge is 0.336 e. The van der Waals surface area contributed by atoms with Gasteiger partial charge < -0.3 is 19.7 Å². The summed E-state index contributed by atoms with van der Waals surface area (Å²) >= 11 is 0. The predicted molar refractivity (Wildman–Crippen MR) is 43.5 cm³/mol. The normalized spacial score (nSPS) is 21.3. The molecule has 5 heteroatoms. The molecule has 2 N–H and O–H groups in total. The fraction of sp³-hybridized carbons (Fsp3) is 0.875. The second kappa shape index (κ2) is 4.55. The molecule has 1 aliphatic rings. The first-order chi connectivity index (χ1) is 6.21. The molecule has 1 aliphatic heterocycles. The van der Waals surface area contributed by atoms with Gasteiger partial charge >= 0.3 is 5.97 Å². The summed E-state index contributed by atoms with van der Waals surface area (Å²) in [6.45, 7) is 0.706. The molecule has 0 aromatic rings. The largest absolute Gasteiger partial charge is 0.479 e. The fourth-order valence-electron chi connectivity index (χ4n) is 1.36. The van der Waals surface area contributed by atoms with Crippen LogP contribution in [0.2, 0.25) is 0 Å². The monoisotopic (exact) mass is 190 g/mol. The van der Waals surface area contributed by atoms with Crippen molar-refractivity contribution in [3.8, 4) is 0 Å². The number of ether oxygens (including phenoxy) is 2. The number of aliphatic hydroxyl groups excluding tert-OH is 1. The molecule has 0 unspecified atom stereocenters. The van der Waals surface area contributed by atoms with Crippen molar-refractivity contribution in [1.82, 2.24) is 0 Å². The van der Waals surface area contributed by atoms with Gasteiger partial charge in [-0.25, -0.2) is 4.79 Å². The summed E-state index contributed by atoms with van der Waals surface area (Å²) in [4.78, 5) is 10.9. The van der Waals surface area contributed by atoms with Gasteiger partial charge in [-0.2, -0.15) is 0 Å². The molecular weight excluding hydrogens is 176 g/mol. The molecule has 0 amide bonds. The lowest BCUT2D eigenvalue weighted by Gasteiger charge is -2.32. The summed E-state index contributed by atoms with van der Waals surface area (Å²) in [5.74, 6) is -0.968. The Hall–Kier alpha value is -0.650. The van der Waals surface area contributed by atoms with Gasteiger partial charge in [-0.15, -0.1) is 0 Å². The average molecular weight is 190 g/mol. The molecule has 1 fully saturated rings. The van der Waals surface area contributed by atoms with Gasteiger partial charge in [-0.3, -0.25) is 0 Å². The third-order valence-corrected chi connectivity index (χ3v) is 2.16. The maximum Gasteiger partial charge on any atom is 0.336 e. The van der Waals surface area contributed by atoms with Gasteiger partial charge in [0, 0.05) is 26.1 Å². The number of hydrogen-bond acceptors (Lipinski definition) is 4. The van der Waals surface area contributed by atoms with E-state index in [1.54, 1.807) is 0 Å². The standard InChI is InChI=1S/C8H14O5/c9-3-6-13-8(7(10)11)1-4-12-5-2-8/h9H,1-6H2,(H,10,11). The first-order valence-corrected chi connectivity index (χ1v) is 4.27. The lowest BCUT2D eigenvalue weighted by atomic mass is 9.94. The molecule has 0 spiro atoms. The van der Waals surface area contributed by atoms with Crippen LogP contribution in [-0.2, 0) is 14.3 Å². The van der Waals surface area contributed by atoms with Gasteiger partial charge in [-0.1, -0.05) is 0 Å². The van der Waals surface area contributed by atoms with Crippen molar-refractivity contribution in [3.05, 3.63) is 0 Å². The lowest BCUT2D eigenvalue weighted by molar-refractivity contribution is -0.180. The zero-order chi connectivity index (χ0) is 9.73. The number of carboxylic acid groups (broad SMARTS) is 1. The van der Waals surface area contributed by atoms with Crippen molar-refractivity contribution in [3.63, 3.8) is 0 Å². The highest BCUT2D eigenvalue weighted by Crippen LogP contribution is 2.25. The number of carboxylic acids is 1. The van der Waals surface area contributed by atoms with Gasteiger partial charge in [-0.05, 0) is 0 Å². The molecular formula is C8H14O5. The minimum Gasteiger partial charge on any atom is -0.479 e. The molecule has 0 atom stereocenters. The molecule has 76 valence electrons. The molecule has 1 heterocycles. The van der Waals surface area contributed by atoms with E-state index in [0.29, 0.717) is 26.1 Å². The molecule has 5 nitrogen and oxygen atoms in total. The van der Waals surface area contributed by atoms with E-state index in [1.807, 2.05) is 0 Å². The minimum absolute atomic E-state index is 0.0618. The zero-order valence-electron chi connectivity index (χ0n) is 7.36. The molecule has 13 heavy (non-hydrogen) atoms. The third-order valence-electron chi connectivity index (χ3n) is 2.16. The van der Waals surface area contributed by atoms with Crippen molar-refractivity contribution >= 4 is 5.97 Å². The van der Waals surface area contributed by atoms with Crippen LogP contribution in [0.1, 0.15) is 12.8 Å². The highest BCUT2D eigenvalue weighted by molar-refractivity contribution is 5.77. The van der Waals surface area contributed by atoms with E-state index >= 15 is 0 Å². The molecule has 0 radical (unpaired) electrons. The molecule has 0 aromatic heterocycles. The van der Waals surface area contributed by atoms with E-state index in [9.17, 15) is 4.79 Å². The molecule has 0 aliphatic carbocycles. The Morgan fingerprint density at radius 2 is 2.08 bits per heavy atom. The van der Waals surface area contributed by atoms with Crippen LogP contribution in [0.4, 0.5) is 0 Å². The molecule has 0 bridgehead atoms. The van der Waals surface area contributed by atoms with Crippen LogP contribution in [0.3, 0.4) is 0 Å². The topological polar surface area (TPSA) is 76.0 Å². The van der Waals surface area contributed by atoms with Crippen molar-refractivity contribution in [2.24, 2.45) is 0 Å².